The molecule has 2 aromatic rings. The number of rotatable bonds is 1. The molecule has 0 saturated carbocycles. The predicted molar refractivity (Wildman–Crippen MR) is 63.0 cm³/mol. The molecular formula is C10H14N6O. The van der Waals surface area contributed by atoms with Gasteiger partial charge in [-0.15, -0.1) is 5.10 Å². The van der Waals surface area contributed by atoms with Crippen LogP contribution in [0.25, 0.3) is 5.65 Å². The topological polar surface area (TPSA) is 92.3 Å². The molecule has 0 amide bonds. The molecule has 0 aromatic carbocycles. The van der Waals surface area contributed by atoms with Crippen LogP contribution in [-0.2, 0) is 0 Å². The molecule has 90 valence electrons. The Morgan fingerprint density at radius 1 is 1.53 bits per heavy atom. The number of piperidine rings is 1. The smallest absolute Gasteiger partial charge is 0.347 e. The Hall–Kier alpha value is -1.89. The van der Waals surface area contributed by atoms with Crippen molar-refractivity contribution in [3.8, 4) is 0 Å². The molecular weight excluding hydrogens is 220 g/mol. The fraction of sp³-hybridized carbons (Fsp3) is 0.500. The third-order valence-corrected chi connectivity index (χ3v) is 3.07. The Morgan fingerprint density at radius 3 is 3.24 bits per heavy atom. The molecule has 17 heavy (non-hydrogen) atoms. The zero-order chi connectivity index (χ0) is 11.8. The van der Waals surface area contributed by atoms with Crippen molar-refractivity contribution in [2.24, 2.45) is 5.73 Å². The van der Waals surface area contributed by atoms with Crippen molar-refractivity contribution in [2.75, 3.05) is 18.0 Å². The molecule has 1 aliphatic heterocycles. The van der Waals surface area contributed by atoms with Gasteiger partial charge in [0.1, 0.15) is 0 Å². The number of nitrogens with one attached hydrogen (secondary N) is 1. The largest absolute Gasteiger partial charge is 0.352 e. The first-order valence-electron chi connectivity index (χ1n) is 5.68. The van der Waals surface area contributed by atoms with E-state index < -0.39 is 0 Å². The average Bonchev–Trinajstić information content (AvgIpc) is 2.71. The molecule has 7 heteroatoms. The lowest BCUT2D eigenvalue weighted by atomic mass is 10.1. The number of anilines is 1. The van der Waals surface area contributed by atoms with Gasteiger partial charge in [-0.3, -0.25) is 0 Å². The molecule has 0 aliphatic carbocycles. The van der Waals surface area contributed by atoms with Gasteiger partial charge in [-0.1, -0.05) is 0 Å². The number of nitrogens with two attached hydrogens (primary N) is 1. The summed E-state index contributed by atoms with van der Waals surface area (Å²) in [5, 5.41) is 6.43. The van der Waals surface area contributed by atoms with Crippen molar-refractivity contribution >= 4 is 11.5 Å². The van der Waals surface area contributed by atoms with E-state index in [9.17, 15) is 4.79 Å². The summed E-state index contributed by atoms with van der Waals surface area (Å²) in [6.45, 7) is 1.66. The van der Waals surface area contributed by atoms with E-state index in [1.165, 1.54) is 4.40 Å². The summed E-state index contributed by atoms with van der Waals surface area (Å²) < 4.78 is 1.46. The Balaban J connectivity index is 2.07. The second kappa shape index (κ2) is 3.85. The SMILES string of the molecule is N[C@H]1CCCN(c2nccn3c(=O)[nH]nc23)C1. The molecule has 0 unspecified atom stereocenters. The third-order valence-electron chi connectivity index (χ3n) is 3.07. The van der Waals surface area contributed by atoms with Crippen LogP contribution in [0.2, 0.25) is 0 Å². The maximum absolute atomic E-state index is 11.5. The normalized spacial score (nSPS) is 21.0. The van der Waals surface area contributed by atoms with E-state index >= 15 is 0 Å². The van der Waals surface area contributed by atoms with Gasteiger partial charge in [0.15, 0.2) is 5.82 Å². The number of H-pyrrole nitrogens is 1. The van der Waals surface area contributed by atoms with Gasteiger partial charge in [0.25, 0.3) is 0 Å². The molecule has 0 spiro atoms. The first-order chi connectivity index (χ1) is 8.25. The number of hydrogen-bond acceptors (Lipinski definition) is 5. The summed E-state index contributed by atoms with van der Waals surface area (Å²) in [7, 11) is 0. The fourth-order valence-electron chi connectivity index (χ4n) is 2.25. The molecule has 1 fully saturated rings. The lowest BCUT2D eigenvalue weighted by molar-refractivity contribution is 0.503. The minimum Gasteiger partial charge on any atom is -0.352 e. The molecule has 7 nitrogen and oxygen atoms in total. The van der Waals surface area contributed by atoms with Gasteiger partial charge in [0.05, 0.1) is 0 Å². The van der Waals surface area contributed by atoms with Crippen LogP contribution in [0.15, 0.2) is 17.2 Å². The molecule has 0 bridgehead atoms. The van der Waals surface area contributed by atoms with E-state index in [1.54, 1.807) is 12.4 Å². The zero-order valence-electron chi connectivity index (χ0n) is 9.33. The van der Waals surface area contributed by atoms with Gasteiger partial charge in [-0.25, -0.2) is 19.3 Å². The van der Waals surface area contributed by atoms with Crippen molar-refractivity contribution in [3.05, 3.63) is 22.9 Å². The number of fused-ring (bicyclic) bond motifs is 1. The van der Waals surface area contributed by atoms with Crippen LogP contribution in [0.1, 0.15) is 12.8 Å². The van der Waals surface area contributed by atoms with Gasteiger partial charge in [-0.05, 0) is 12.8 Å². The number of aromatic amines is 1. The maximum atomic E-state index is 11.5. The van der Waals surface area contributed by atoms with Crippen LogP contribution in [0.5, 0.6) is 0 Å². The van der Waals surface area contributed by atoms with Crippen LogP contribution < -0.4 is 16.3 Å². The Labute approximate surface area is 97.3 Å². The monoisotopic (exact) mass is 234 g/mol. The Kier molecular flexibility index (Phi) is 2.32. The predicted octanol–water partition coefficient (Wildman–Crippen LogP) is -0.655. The van der Waals surface area contributed by atoms with E-state index in [0.717, 1.165) is 31.7 Å². The second-order valence-electron chi connectivity index (χ2n) is 4.32. The molecule has 1 atom stereocenters. The highest BCUT2D eigenvalue weighted by Crippen LogP contribution is 2.19. The third kappa shape index (κ3) is 1.68. The van der Waals surface area contributed by atoms with Crippen molar-refractivity contribution < 1.29 is 0 Å². The maximum Gasteiger partial charge on any atom is 0.347 e. The standard InChI is InChI=1S/C10H14N6O/c11-7-2-1-4-15(6-7)8-9-13-14-10(17)16(9)5-3-12-8/h3,5,7H,1-2,4,6,11H2,(H,14,17)/t7-/m0/s1. The molecule has 1 aliphatic rings. The van der Waals surface area contributed by atoms with Crippen LogP contribution in [0.4, 0.5) is 5.82 Å². The number of aromatic nitrogens is 4. The summed E-state index contributed by atoms with van der Waals surface area (Å²) >= 11 is 0. The summed E-state index contributed by atoms with van der Waals surface area (Å²) in [5.41, 5.74) is 6.26. The minimum atomic E-state index is -0.245. The Morgan fingerprint density at radius 2 is 2.41 bits per heavy atom. The van der Waals surface area contributed by atoms with Crippen LogP contribution in [0, 0.1) is 0 Å². The minimum absolute atomic E-state index is 0.163. The molecule has 2 aromatic heterocycles. The lowest BCUT2D eigenvalue weighted by Crippen LogP contribution is -2.43. The van der Waals surface area contributed by atoms with Gasteiger partial charge in [-0.2, -0.15) is 0 Å². The van der Waals surface area contributed by atoms with E-state index in [4.69, 9.17) is 5.73 Å². The summed E-state index contributed by atoms with van der Waals surface area (Å²) in [5.74, 6) is 0.723. The van der Waals surface area contributed by atoms with E-state index in [0.29, 0.717) is 5.65 Å². The van der Waals surface area contributed by atoms with Gasteiger partial charge < -0.3 is 10.6 Å². The first kappa shape index (κ1) is 10.3. The number of hydrogen-bond donors (Lipinski definition) is 2. The van der Waals surface area contributed by atoms with Crippen molar-refractivity contribution in [2.45, 2.75) is 18.9 Å². The Bertz CT molecular complexity index is 588. The van der Waals surface area contributed by atoms with Crippen LogP contribution in [0.3, 0.4) is 0 Å². The van der Waals surface area contributed by atoms with Gasteiger partial charge >= 0.3 is 5.69 Å². The van der Waals surface area contributed by atoms with Gasteiger partial charge in [0.2, 0.25) is 5.65 Å². The quantitative estimate of drug-likeness (QED) is 0.683. The van der Waals surface area contributed by atoms with Crippen LogP contribution in [-0.4, -0.2) is 38.7 Å². The molecule has 3 heterocycles. The molecule has 3 N–H and O–H groups in total. The van der Waals surface area contributed by atoms with Crippen LogP contribution >= 0.6 is 0 Å². The van der Waals surface area contributed by atoms with Crippen molar-refractivity contribution in [1.82, 2.24) is 19.6 Å². The lowest BCUT2D eigenvalue weighted by Gasteiger charge is -2.31. The molecule has 1 saturated heterocycles. The van der Waals surface area contributed by atoms with E-state index in [1.807, 2.05) is 0 Å². The summed E-state index contributed by atoms with van der Waals surface area (Å²) in [6, 6.07) is 0.163. The highest BCUT2D eigenvalue weighted by atomic mass is 16.1. The van der Waals surface area contributed by atoms with Crippen molar-refractivity contribution in [3.63, 3.8) is 0 Å². The molecule has 0 radical (unpaired) electrons. The summed E-state index contributed by atoms with van der Waals surface area (Å²) in [4.78, 5) is 17.8. The van der Waals surface area contributed by atoms with Gasteiger partial charge in [0, 0.05) is 31.5 Å². The highest BCUT2D eigenvalue weighted by molar-refractivity contribution is 5.63. The van der Waals surface area contributed by atoms with Crippen molar-refractivity contribution in [1.29, 1.82) is 0 Å². The molecule has 3 rings (SSSR count). The first-order valence-corrected chi connectivity index (χ1v) is 5.68. The fourth-order valence-corrected chi connectivity index (χ4v) is 2.25. The zero-order valence-corrected chi connectivity index (χ0v) is 9.33. The number of nitrogens with zero attached hydrogens (tertiary/aromatic N) is 4. The highest BCUT2D eigenvalue weighted by Gasteiger charge is 2.20. The van der Waals surface area contributed by atoms with E-state index in [-0.39, 0.29) is 11.7 Å². The summed E-state index contributed by atoms with van der Waals surface area (Å²) in [6.07, 6.45) is 5.29. The van der Waals surface area contributed by atoms with E-state index in [2.05, 4.69) is 20.1 Å². The second-order valence-corrected chi connectivity index (χ2v) is 4.32. The average molecular weight is 234 g/mol.